The van der Waals surface area contributed by atoms with E-state index >= 15 is 0 Å². The first-order valence-electron chi connectivity index (χ1n) is 7.45. The van der Waals surface area contributed by atoms with E-state index in [0.29, 0.717) is 12.5 Å². The van der Waals surface area contributed by atoms with Gasteiger partial charge in [0.1, 0.15) is 6.54 Å². The zero-order valence-corrected chi connectivity index (χ0v) is 12.9. The first-order valence-corrected chi connectivity index (χ1v) is 7.45. The number of hydrogen-bond acceptors (Lipinski definition) is 3. The van der Waals surface area contributed by atoms with E-state index in [-0.39, 0.29) is 23.2 Å². The summed E-state index contributed by atoms with van der Waals surface area (Å²) in [6, 6.07) is -0.458. The van der Waals surface area contributed by atoms with Crippen molar-refractivity contribution < 1.29 is 22.7 Å². The summed E-state index contributed by atoms with van der Waals surface area (Å²) in [6.45, 7) is 3.58. The normalized spacial score (nSPS) is 28.8. The minimum atomic E-state index is -4.35. The van der Waals surface area contributed by atoms with Crippen molar-refractivity contribution >= 4 is 11.7 Å². The molecule has 2 heterocycles. The number of halogens is 3. The Morgan fingerprint density at radius 3 is 2.96 bits per heavy atom. The fraction of sp³-hybridized carbons (Fsp3) is 0.714. The third-order valence-corrected chi connectivity index (χ3v) is 4.62. The van der Waals surface area contributed by atoms with Gasteiger partial charge >= 0.3 is 12.2 Å². The van der Waals surface area contributed by atoms with Crippen LogP contribution < -0.4 is 10.6 Å². The van der Waals surface area contributed by atoms with Crippen molar-refractivity contribution in [2.75, 3.05) is 11.9 Å². The molecule has 1 aliphatic heterocycles. The SMILES string of the molecule is CC1(C)[C@H](NC(=O)Nc2cnn(CC(F)(F)F)c2)[C@H]2CCO[C@H]21. The second kappa shape index (κ2) is 5.40. The minimum absolute atomic E-state index is 0.0137. The number of hydrogen-bond donors (Lipinski definition) is 2. The van der Waals surface area contributed by atoms with Crippen molar-refractivity contribution in [3.05, 3.63) is 12.4 Å². The molecule has 0 unspecified atom stereocenters. The summed E-state index contributed by atoms with van der Waals surface area (Å²) < 4.78 is 43.2. The van der Waals surface area contributed by atoms with E-state index in [1.807, 2.05) is 13.8 Å². The Morgan fingerprint density at radius 2 is 2.26 bits per heavy atom. The second-order valence-electron chi connectivity index (χ2n) is 6.68. The predicted octanol–water partition coefficient (Wildman–Crippen LogP) is 2.38. The number of nitrogens with one attached hydrogen (secondary N) is 2. The summed E-state index contributed by atoms with van der Waals surface area (Å²) in [5.41, 5.74) is 0.0713. The third kappa shape index (κ3) is 3.15. The summed E-state index contributed by atoms with van der Waals surface area (Å²) in [6.07, 6.45) is -0.942. The molecule has 1 saturated heterocycles. The minimum Gasteiger partial charge on any atom is -0.377 e. The van der Waals surface area contributed by atoms with Gasteiger partial charge in [-0.15, -0.1) is 0 Å². The number of amides is 2. The van der Waals surface area contributed by atoms with Crippen LogP contribution in [-0.4, -0.2) is 40.7 Å². The molecule has 0 bridgehead atoms. The lowest BCUT2D eigenvalue weighted by Crippen LogP contribution is -2.67. The van der Waals surface area contributed by atoms with E-state index in [0.717, 1.165) is 17.3 Å². The lowest BCUT2D eigenvalue weighted by molar-refractivity contribution is -0.142. The van der Waals surface area contributed by atoms with Crippen LogP contribution in [0.15, 0.2) is 12.4 Å². The van der Waals surface area contributed by atoms with Gasteiger partial charge in [-0.3, -0.25) is 4.68 Å². The monoisotopic (exact) mass is 332 g/mol. The molecule has 9 heteroatoms. The van der Waals surface area contributed by atoms with Gasteiger partial charge in [-0.1, -0.05) is 13.8 Å². The average Bonchev–Trinajstić information content (AvgIpc) is 3.02. The lowest BCUT2D eigenvalue weighted by Gasteiger charge is -2.54. The Hall–Kier alpha value is -1.77. The molecule has 2 fully saturated rings. The molecule has 0 aromatic carbocycles. The predicted molar refractivity (Wildman–Crippen MR) is 75.9 cm³/mol. The molecule has 3 atom stereocenters. The molecular formula is C14H19F3N4O2. The highest BCUT2D eigenvalue weighted by Crippen LogP contribution is 2.52. The number of nitrogens with zero attached hydrogens (tertiary/aromatic N) is 2. The number of urea groups is 1. The molecule has 1 aliphatic carbocycles. The molecule has 23 heavy (non-hydrogen) atoms. The Morgan fingerprint density at radius 1 is 1.52 bits per heavy atom. The van der Waals surface area contributed by atoms with E-state index in [9.17, 15) is 18.0 Å². The van der Waals surface area contributed by atoms with Crippen molar-refractivity contribution in [3.63, 3.8) is 0 Å². The smallest absolute Gasteiger partial charge is 0.377 e. The van der Waals surface area contributed by atoms with Crippen LogP contribution in [0.1, 0.15) is 20.3 Å². The van der Waals surface area contributed by atoms with Crippen molar-refractivity contribution in [3.8, 4) is 0 Å². The lowest BCUT2D eigenvalue weighted by atomic mass is 9.57. The molecule has 128 valence electrons. The summed E-state index contributed by atoms with van der Waals surface area (Å²) in [5.74, 6) is 0.295. The molecular weight excluding hydrogens is 313 g/mol. The van der Waals surface area contributed by atoms with Crippen molar-refractivity contribution in [2.45, 2.75) is 45.1 Å². The number of anilines is 1. The molecule has 0 radical (unpaired) electrons. The van der Waals surface area contributed by atoms with Crippen molar-refractivity contribution in [2.24, 2.45) is 11.3 Å². The van der Waals surface area contributed by atoms with Gasteiger partial charge in [0.05, 0.1) is 18.0 Å². The summed E-state index contributed by atoms with van der Waals surface area (Å²) in [7, 11) is 0. The van der Waals surface area contributed by atoms with Crippen LogP contribution >= 0.6 is 0 Å². The molecule has 3 rings (SSSR count). The van der Waals surface area contributed by atoms with E-state index in [2.05, 4.69) is 15.7 Å². The maximum Gasteiger partial charge on any atom is 0.408 e. The van der Waals surface area contributed by atoms with Gasteiger partial charge in [0.2, 0.25) is 0 Å². The molecule has 2 amide bonds. The molecule has 1 aromatic heterocycles. The standard InChI is InChI=1S/C14H19F3N4O2/c1-13(2)10(9-3-4-23-11(9)13)20-12(22)19-8-5-18-21(6-8)7-14(15,16)17/h5-6,9-11H,3-4,7H2,1-2H3,(H2,19,20,22)/t9-,10-,11-/m1/s1. The average molecular weight is 332 g/mol. The first-order chi connectivity index (χ1) is 10.7. The van der Waals surface area contributed by atoms with Crippen molar-refractivity contribution in [1.82, 2.24) is 15.1 Å². The summed E-state index contributed by atoms with van der Waals surface area (Å²) in [4.78, 5) is 12.1. The topological polar surface area (TPSA) is 68.2 Å². The number of ether oxygens (including phenoxy) is 1. The Labute approximate surface area is 131 Å². The van der Waals surface area contributed by atoms with Crippen LogP contribution in [0.2, 0.25) is 0 Å². The van der Waals surface area contributed by atoms with Gasteiger partial charge in [-0.2, -0.15) is 18.3 Å². The number of alkyl halides is 3. The molecule has 1 saturated carbocycles. The molecule has 2 N–H and O–H groups in total. The number of carbonyl (C=O) groups is 1. The third-order valence-electron chi connectivity index (χ3n) is 4.62. The number of fused-ring (bicyclic) bond motifs is 1. The van der Waals surface area contributed by atoms with Crippen LogP contribution in [0, 0.1) is 11.3 Å². The first kappa shape index (κ1) is 16.1. The van der Waals surface area contributed by atoms with Gasteiger partial charge in [0, 0.05) is 30.2 Å². The van der Waals surface area contributed by atoms with Gasteiger partial charge in [-0.05, 0) is 6.42 Å². The van der Waals surface area contributed by atoms with Crippen molar-refractivity contribution in [1.29, 1.82) is 0 Å². The van der Waals surface area contributed by atoms with Crippen LogP contribution in [0.4, 0.5) is 23.7 Å². The highest BCUT2D eigenvalue weighted by atomic mass is 19.4. The van der Waals surface area contributed by atoms with E-state index < -0.39 is 18.8 Å². The van der Waals surface area contributed by atoms with Gasteiger partial charge in [-0.25, -0.2) is 4.79 Å². The van der Waals surface area contributed by atoms with Crippen LogP contribution in [0.3, 0.4) is 0 Å². The molecule has 0 spiro atoms. The van der Waals surface area contributed by atoms with Crippen LogP contribution in [-0.2, 0) is 11.3 Å². The van der Waals surface area contributed by atoms with Gasteiger partial charge in [0.15, 0.2) is 0 Å². The van der Waals surface area contributed by atoms with E-state index in [1.54, 1.807) is 0 Å². The quantitative estimate of drug-likeness (QED) is 0.893. The highest BCUT2D eigenvalue weighted by molar-refractivity contribution is 5.89. The van der Waals surface area contributed by atoms with E-state index in [4.69, 9.17) is 4.74 Å². The maximum atomic E-state index is 12.3. The Balaban J connectivity index is 1.56. The van der Waals surface area contributed by atoms with Crippen LogP contribution in [0.25, 0.3) is 0 Å². The maximum absolute atomic E-state index is 12.3. The largest absolute Gasteiger partial charge is 0.408 e. The molecule has 6 nitrogen and oxygen atoms in total. The zero-order chi connectivity index (χ0) is 16.8. The summed E-state index contributed by atoms with van der Waals surface area (Å²) in [5, 5.41) is 9.00. The second-order valence-corrected chi connectivity index (χ2v) is 6.68. The highest BCUT2D eigenvalue weighted by Gasteiger charge is 2.59. The Kier molecular flexibility index (Phi) is 3.78. The van der Waals surface area contributed by atoms with Gasteiger partial charge in [0.25, 0.3) is 0 Å². The fourth-order valence-electron chi connectivity index (χ4n) is 3.62. The number of rotatable bonds is 3. The van der Waals surface area contributed by atoms with Crippen LogP contribution in [0.5, 0.6) is 0 Å². The zero-order valence-electron chi connectivity index (χ0n) is 12.9. The Bertz CT molecular complexity index is 599. The number of aromatic nitrogens is 2. The number of carbonyl (C=O) groups excluding carboxylic acids is 1. The van der Waals surface area contributed by atoms with Gasteiger partial charge < -0.3 is 15.4 Å². The van der Waals surface area contributed by atoms with E-state index in [1.165, 1.54) is 6.20 Å². The molecule has 1 aromatic rings. The molecule has 2 aliphatic rings. The summed E-state index contributed by atoms with van der Waals surface area (Å²) >= 11 is 0. The fourth-order valence-corrected chi connectivity index (χ4v) is 3.62.